The van der Waals surface area contributed by atoms with Crippen LogP contribution < -0.4 is 0 Å². The van der Waals surface area contributed by atoms with Gasteiger partial charge in [0.15, 0.2) is 5.76 Å². The molecule has 194 valence electrons. The number of hydrogen-bond acceptors (Lipinski definition) is 4. The van der Waals surface area contributed by atoms with E-state index in [-0.39, 0.29) is 22.6 Å². The predicted molar refractivity (Wildman–Crippen MR) is 129 cm³/mol. The molecule has 0 N–H and O–H groups in total. The Morgan fingerprint density at radius 3 is 2.58 bits per heavy atom. The zero-order valence-corrected chi connectivity index (χ0v) is 20.8. The molecule has 1 unspecified atom stereocenters. The Morgan fingerprint density at radius 2 is 1.92 bits per heavy atom. The molecular formula is C28H32F3NO4. The summed E-state index contributed by atoms with van der Waals surface area (Å²) in [4.78, 5) is 14.2. The number of alkyl halides is 3. The van der Waals surface area contributed by atoms with Gasteiger partial charge in [-0.1, -0.05) is 62.8 Å². The maximum Gasteiger partial charge on any atom is 0.416 e. The van der Waals surface area contributed by atoms with Gasteiger partial charge in [-0.2, -0.15) is 13.2 Å². The van der Waals surface area contributed by atoms with Crippen LogP contribution in [0.15, 0.2) is 72.1 Å². The minimum Gasteiger partial charge on any atom is -0.465 e. The van der Waals surface area contributed by atoms with E-state index in [9.17, 15) is 18.0 Å². The van der Waals surface area contributed by atoms with Gasteiger partial charge in [0, 0.05) is 31.5 Å². The fraction of sp³-hybridized carbons (Fsp3) is 0.464. The Bertz CT molecular complexity index is 1090. The third kappa shape index (κ3) is 6.60. The minimum atomic E-state index is -4.57. The van der Waals surface area contributed by atoms with Gasteiger partial charge in [0.05, 0.1) is 11.7 Å². The van der Waals surface area contributed by atoms with Gasteiger partial charge in [0.2, 0.25) is 5.91 Å². The molecule has 0 aromatic heterocycles. The summed E-state index contributed by atoms with van der Waals surface area (Å²) in [6, 6.07) is 5.32. The molecule has 5 nitrogen and oxygen atoms in total. The molecule has 1 saturated heterocycles. The second-order valence-electron chi connectivity index (χ2n) is 10.6. The topological polar surface area (TPSA) is 48.0 Å². The van der Waals surface area contributed by atoms with Crippen LogP contribution in [0, 0.1) is 5.41 Å². The fourth-order valence-corrected chi connectivity index (χ4v) is 4.36. The second kappa shape index (κ2) is 10.5. The van der Waals surface area contributed by atoms with Crippen molar-refractivity contribution in [1.82, 2.24) is 4.90 Å². The van der Waals surface area contributed by atoms with E-state index >= 15 is 0 Å². The minimum absolute atomic E-state index is 0.00563. The number of hydrogen-bond donors (Lipinski definition) is 0. The van der Waals surface area contributed by atoms with Crippen LogP contribution in [-0.2, 0) is 25.2 Å². The number of allylic oxidation sites excluding steroid dienone is 4. The third-order valence-electron chi connectivity index (χ3n) is 6.15. The van der Waals surface area contributed by atoms with E-state index < -0.39 is 23.9 Å². The summed E-state index contributed by atoms with van der Waals surface area (Å²) in [7, 11) is 0. The van der Waals surface area contributed by atoms with Crippen LogP contribution in [0.5, 0.6) is 0 Å². The van der Waals surface area contributed by atoms with Gasteiger partial charge >= 0.3 is 6.18 Å². The van der Waals surface area contributed by atoms with Crippen molar-refractivity contribution < 1.29 is 32.2 Å². The van der Waals surface area contributed by atoms with Crippen LogP contribution in [0.4, 0.5) is 13.2 Å². The molecule has 2 aliphatic heterocycles. The number of amides is 1. The van der Waals surface area contributed by atoms with Crippen molar-refractivity contribution in [3.63, 3.8) is 0 Å². The Morgan fingerprint density at radius 1 is 1.17 bits per heavy atom. The van der Waals surface area contributed by atoms with Gasteiger partial charge in [0.1, 0.15) is 24.4 Å². The molecule has 0 saturated carbocycles. The molecule has 1 amide bonds. The molecule has 8 heteroatoms. The Balaban J connectivity index is 1.52. The number of benzene rings is 1. The van der Waals surface area contributed by atoms with Crippen molar-refractivity contribution in [2.24, 2.45) is 5.41 Å². The summed E-state index contributed by atoms with van der Waals surface area (Å²) in [5.41, 5.74) is 0.145. The summed E-state index contributed by atoms with van der Waals surface area (Å²) in [5.74, 6) is 0.657. The van der Waals surface area contributed by atoms with Gasteiger partial charge in [0.25, 0.3) is 0 Å². The summed E-state index contributed by atoms with van der Waals surface area (Å²) in [6.07, 6.45) is 5.38. The van der Waals surface area contributed by atoms with Crippen molar-refractivity contribution in [2.75, 3.05) is 13.1 Å². The number of carbonyl (C=O) groups excluding carboxylic acids is 1. The third-order valence-corrected chi connectivity index (χ3v) is 6.15. The van der Waals surface area contributed by atoms with Crippen molar-refractivity contribution in [3.05, 3.63) is 83.2 Å². The summed E-state index contributed by atoms with van der Waals surface area (Å²) in [6.45, 7) is 6.59. The van der Waals surface area contributed by atoms with Gasteiger partial charge in [-0.25, -0.2) is 0 Å². The molecule has 0 spiro atoms. The van der Waals surface area contributed by atoms with Crippen LogP contribution >= 0.6 is 0 Å². The summed E-state index contributed by atoms with van der Waals surface area (Å²) < 4.78 is 59.4. The molecule has 2 heterocycles. The standard InChI is InChI=1S/C28H32F3NO4/c1-27(2,3)14-25(33)32-15-21(16-32)36-26(22-11-7-8-12-23(22)28(29,30)31)24-18-34-17-20(35-24)13-19-9-5-4-6-10-19/h4-5,7-9,11-12,17-18,21,26H,6,10,13-16H2,1-3H3. The van der Waals surface area contributed by atoms with E-state index in [4.69, 9.17) is 14.2 Å². The highest BCUT2D eigenvalue weighted by atomic mass is 19.4. The Kier molecular flexibility index (Phi) is 7.64. The van der Waals surface area contributed by atoms with E-state index in [0.717, 1.165) is 24.5 Å². The van der Waals surface area contributed by atoms with Gasteiger partial charge < -0.3 is 19.1 Å². The zero-order chi connectivity index (χ0) is 25.9. The van der Waals surface area contributed by atoms with Crippen LogP contribution in [-0.4, -0.2) is 30.0 Å². The van der Waals surface area contributed by atoms with E-state index in [2.05, 4.69) is 6.08 Å². The van der Waals surface area contributed by atoms with Crippen molar-refractivity contribution >= 4 is 5.91 Å². The first-order valence-corrected chi connectivity index (χ1v) is 12.2. The van der Waals surface area contributed by atoms with Crippen LogP contribution in [0.25, 0.3) is 0 Å². The quantitative estimate of drug-likeness (QED) is 0.410. The average Bonchev–Trinajstić information content (AvgIpc) is 2.77. The highest BCUT2D eigenvalue weighted by molar-refractivity contribution is 5.77. The summed E-state index contributed by atoms with van der Waals surface area (Å²) in [5, 5.41) is 0. The molecule has 1 fully saturated rings. The highest BCUT2D eigenvalue weighted by Gasteiger charge is 2.41. The number of likely N-dealkylation sites (tertiary alicyclic amines) is 1. The number of halogens is 3. The number of nitrogens with zero attached hydrogens (tertiary/aromatic N) is 1. The SMILES string of the molecule is CC(C)(C)CC(=O)N1CC(OC(C2=COC=C(CC3=CC=CCC3)O2)c2ccccc2C(F)(F)F)C1. The number of rotatable bonds is 7. The molecule has 4 rings (SSSR count). The van der Waals surface area contributed by atoms with E-state index in [1.54, 1.807) is 11.0 Å². The fourth-order valence-electron chi connectivity index (χ4n) is 4.36. The maximum absolute atomic E-state index is 13.9. The van der Waals surface area contributed by atoms with Crippen LogP contribution in [0.2, 0.25) is 0 Å². The van der Waals surface area contributed by atoms with E-state index in [0.29, 0.717) is 31.7 Å². The first-order valence-electron chi connectivity index (χ1n) is 12.2. The van der Waals surface area contributed by atoms with E-state index in [1.807, 2.05) is 32.9 Å². The first-order chi connectivity index (χ1) is 17.0. The largest absolute Gasteiger partial charge is 0.465 e. The molecule has 0 bridgehead atoms. The van der Waals surface area contributed by atoms with E-state index in [1.165, 1.54) is 24.7 Å². The van der Waals surface area contributed by atoms with Crippen molar-refractivity contribution in [1.29, 1.82) is 0 Å². The van der Waals surface area contributed by atoms with Gasteiger partial charge in [-0.15, -0.1) is 0 Å². The number of carbonyl (C=O) groups is 1. The number of ether oxygens (including phenoxy) is 3. The molecular weight excluding hydrogens is 471 g/mol. The second-order valence-corrected chi connectivity index (χ2v) is 10.6. The van der Waals surface area contributed by atoms with Gasteiger partial charge in [-0.05, 0) is 24.3 Å². The van der Waals surface area contributed by atoms with Crippen LogP contribution in [0.1, 0.15) is 63.7 Å². The predicted octanol–water partition coefficient (Wildman–Crippen LogP) is 6.81. The van der Waals surface area contributed by atoms with Crippen molar-refractivity contribution in [3.8, 4) is 0 Å². The van der Waals surface area contributed by atoms with Crippen molar-refractivity contribution in [2.45, 2.75) is 64.8 Å². The molecule has 3 aliphatic rings. The highest BCUT2D eigenvalue weighted by Crippen LogP contribution is 2.41. The normalized spacial score (nSPS) is 19.4. The lowest BCUT2D eigenvalue weighted by molar-refractivity contribution is -0.153. The lowest BCUT2D eigenvalue weighted by Gasteiger charge is -2.42. The average molecular weight is 504 g/mol. The molecule has 1 aliphatic carbocycles. The first kappa shape index (κ1) is 26.1. The molecule has 1 aromatic carbocycles. The maximum atomic E-state index is 13.9. The molecule has 36 heavy (non-hydrogen) atoms. The molecule has 1 aromatic rings. The summed E-state index contributed by atoms with van der Waals surface area (Å²) >= 11 is 0. The Hall–Kier alpha value is -3.00. The zero-order valence-electron chi connectivity index (χ0n) is 20.8. The smallest absolute Gasteiger partial charge is 0.416 e. The Labute approximate surface area is 209 Å². The monoisotopic (exact) mass is 503 g/mol. The van der Waals surface area contributed by atoms with Crippen LogP contribution in [0.3, 0.4) is 0 Å². The lowest BCUT2D eigenvalue weighted by Crippen LogP contribution is -2.55. The van der Waals surface area contributed by atoms with Gasteiger partial charge in [-0.3, -0.25) is 4.79 Å². The lowest BCUT2D eigenvalue weighted by atomic mass is 9.91. The molecule has 1 atom stereocenters. The molecule has 0 radical (unpaired) electrons.